The van der Waals surface area contributed by atoms with Gasteiger partial charge < -0.3 is 14.5 Å². The van der Waals surface area contributed by atoms with Crippen molar-refractivity contribution in [1.29, 1.82) is 0 Å². The molecule has 1 aliphatic heterocycles. The number of nitrogens with zero attached hydrogens (tertiary/aromatic N) is 4. The Bertz CT molecular complexity index is 1260. The van der Waals surface area contributed by atoms with Crippen LogP contribution in [0.5, 0.6) is 5.75 Å². The van der Waals surface area contributed by atoms with Gasteiger partial charge in [-0.15, -0.1) is 11.3 Å². The van der Waals surface area contributed by atoms with Gasteiger partial charge in [0.2, 0.25) is 5.91 Å². The Hall–Kier alpha value is -3.03. The summed E-state index contributed by atoms with van der Waals surface area (Å²) in [5, 5.41) is 2.77. The second kappa shape index (κ2) is 8.84. The average molecular weight is 467 g/mol. The molecule has 2 aromatic carbocycles. The van der Waals surface area contributed by atoms with Crippen LogP contribution in [0.2, 0.25) is 5.02 Å². The van der Waals surface area contributed by atoms with E-state index in [0.29, 0.717) is 19.5 Å². The molecule has 32 heavy (non-hydrogen) atoms. The first-order valence-electron chi connectivity index (χ1n) is 10.5. The van der Waals surface area contributed by atoms with Gasteiger partial charge in [-0.25, -0.2) is 4.98 Å². The maximum Gasteiger partial charge on any atom is 0.228 e. The molecule has 0 bridgehead atoms. The summed E-state index contributed by atoms with van der Waals surface area (Å²) in [6, 6.07) is 15.7. The first-order chi connectivity index (χ1) is 15.6. The van der Waals surface area contributed by atoms with E-state index in [0.717, 1.165) is 51.5 Å². The first kappa shape index (κ1) is 20.8. The number of halogens is 1. The number of aromatic nitrogens is 2. The zero-order valence-corrected chi connectivity index (χ0v) is 19.3. The average Bonchev–Trinajstić information content (AvgIpc) is 3.41. The van der Waals surface area contributed by atoms with E-state index in [1.165, 1.54) is 0 Å². The van der Waals surface area contributed by atoms with Gasteiger partial charge in [-0.05, 0) is 24.3 Å². The highest BCUT2D eigenvalue weighted by Gasteiger charge is 2.23. The highest BCUT2D eigenvalue weighted by molar-refractivity contribution is 7.15. The number of imidazole rings is 1. The van der Waals surface area contributed by atoms with Gasteiger partial charge in [0, 0.05) is 49.0 Å². The van der Waals surface area contributed by atoms with E-state index in [9.17, 15) is 4.79 Å². The number of benzene rings is 2. The predicted molar refractivity (Wildman–Crippen MR) is 129 cm³/mol. The molecule has 0 saturated carbocycles. The van der Waals surface area contributed by atoms with Gasteiger partial charge in [-0.3, -0.25) is 9.20 Å². The van der Waals surface area contributed by atoms with Gasteiger partial charge in [0.05, 0.1) is 29.9 Å². The van der Waals surface area contributed by atoms with Crippen molar-refractivity contribution in [3.63, 3.8) is 0 Å². The fraction of sp³-hybridized carbons (Fsp3) is 0.250. The van der Waals surface area contributed by atoms with Crippen LogP contribution in [0.3, 0.4) is 0 Å². The van der Waals surface area contributed by atoms with Gasteiger partial charge >= 0.3 is 0 Å². The molecule has 0 radical (unpaired) electrons. The quantitative estimate of drug-likeness (QED) is 0.431. The summed E-state index contributed by atoms with van der Waals surface area (Å²) in [7, 11) is 1.66. The van der Waals surface area contributed by atoms with E-state index >= 15 is 0 Å². The van der Waals surface area contributed by atoms with Crippen molar-refractivity contribution in [3.05, 3.63) is 70.8 Å². The molecule has 1 amide bonds. The number of thiazole rings is 1. The SMILES string of the molecule is COc1cccc(-c2cn3c(CC(=O)N4CCN(c5ccccc5Cl)CC4)csc3n2)c1. The smallest absolute Gasteiger partial charge is 0.228 e. The molecule has 1 saturated heterocycles. The van der Waals surface area contributed by atoms with Crippen molar-refractivity contribution in [1.82, 2.24) is 14.3 Å². The fourth-order valence-electron chi connectivity index (χ4n) is 4.05. The molecular formula is C24H23ClN4O2S. The number of amides is 1. The van der Waals surface area contributed by atoms with Gasteiger partial charge in [-0.2, -0.15) is 0 Å². The molecule has 2 aromatic heterocycles. The molecule has 164 valence electrons. The van der Waals surface area contributed by atoms with Crippen LogP contribution in [0.15, 0.2) is 60.1 Å². The Morgan fingerprint density at radius 1 is 1.12 bits per heavy atom. The lowest BCUT2D eigenvalue weighted by Gasteiger charge is -2.36. The number of hydrogen-bond donors (Lipinski definition) is 0. The third-order valence-electron chi connectivity index (χ3n) is 5.81. The summed E-state index contributed by atoms with van der Waals surface area (Å²) in [6.45, 7) is 2.94. The zero-order chi connectivity index (χ0) is 22.1. The van der Waals surface area contributed by atoms with Crippen molar-refractivity contribution in [2.75, 3.05) is 38.2 Å². The third kappa shape index (κ3) is 4.06. The summed E-state index contributed by atoms with van der Waals surface area (Å²) < 4.78 is 7.35. The molecule has 0 unspecified atom stereocenters. The Morgan fingerprint density at radius 3 is 2.72 bits per heavy atom. The second-order valence-electron chi connectivity index (χ2n) is 7.73. The molecule has 1 fully saturated rings. The van der Waals surface area contributed by atoms with Gasteiger partial charge in [0.15, 0.2) is 4.96 Å². The minimum Gasteiger partial charge on any atom is -0.497 e. The molecular weight excluding hydrogens is 444 g/mol. The normalized spacial score (nSPS) is 14.2. The van der Waals surface area contributed by atoms with Crippen molar-refractivity contribution < 1.29 is 9.53 Å². The molecule has 0 spiro atoms. The topological polar surface area (TPSA) is 50.1 Å². The lowest BCUT2D eigenvalue weighted by atomic mass is 10.1. The minimum absolute atomic E-state index is 0.139. The standard InChI is InChI=1S/C24H23ClN4O2S/c1-31-19-6-4-5-17(13-19)21-15-29-18(16-32-24(29)26-21)14-23(30)28-11-9-27(10-12-28)22-8-3-2-7-20(22)25/h2-8,13,15-16H,9-12,14H2,1H3. The minimum atomic E-state index is 0.139. The van der Waals surface area contributed by atoms with Crippen LogP contribution in [0.25, 0.3) is 16.2 Å². The molecule has 5 rings (SSSR count). The van der Waals surface area contributed by atoms with Gasteiger partial charge in [0.1, 0.15) is 5.75 Å². The number of hydrogen-bond acceptors (Lipinski definition) is 5. The van der Waals surface area contributed by atoms with E-state index in [-0.39, 0.29) is 5.91 Å². The number of piperazine rings is 1. The van der Waals surface area contributed by atoms with Crippen LogP contribution >= 0.6 is 22.9 Å². The number of carbonyl (C=O) groups excluding carboxylic acids is 1. The number of ether oxygens (including phenoxy) is 1. The summed E-state index contributed by atoms with van der Waals surface area (Å²) in [5.41, 5.74) is 3.86. The zero-order valence-electron chi connectivity index (χ0n) is 17.7. The maximum atomic E-state index is 13.0. The van der Waals surface area contributed by atoms with Crippen molar-refractivity contribution >= 4 is 39.5 Å². The first-order valence-corrected chi connectivity index (χ1v) is 11.8. The molecule has 6 nitrogen and oxygen atoms in total. The van der Waals surface area contributed by atoms with E-state index in [2.05, 4.69) is 4.90 Å². The van der Waals surface area contributed by atoms with E-state index in [4.69, 9.17) is 21.3 Å². The van der Waals surface area contributed by atoms with E-state index in [1.54, 1.807) is 18.4 Å². The van der Waals surface area contributed by atoms with Gasteiger partial charge in [0.25, 0.3) is 0 Å². The molecule has 4 aromatic rings. The predicted octanol–water partition coefficient (Wildman–Crippen LogP) is 4.62. The Labute approximate surface area is 195 Å². The number of fused-ring (bicyclic) bond motifs is 1. The second-order valence-corrected chi connectivity index (χ2v) is 8.98. The summed E-state index contributed by atoms with van der Waals surface area (Å²) >= 11 is 7.89. The Balaban J connectivity index is 1.27. The number of methoxy groups -OCH3 is 1. The highest BCUT2D eigenvalue weighted by Crippen LogP contribution is 2.28. The monoisotopic (exact) mass is 466 g/mol. The summed E-state index contributed by atoms with van der Waals surface area (Å²) in [5.74, 6) is 0.935. The van der Waals surface area contributed by atoms with E-state index in [1.807, 2.05) is 69.4 Å². The molecule has 0 N–H and O–H groups in total. The largest absolute Gasteiger partial charge is 0.497 e. The number of carbonyl (C=O) groups is 1. The maximum absolute atomic E-state index is 13.0. The van der Waals surface area contributed by atoms with Crippen LogP contribution in [-0.4, -0.2) is 53.5 Å². The molecule has 3 heterocycles. The third-order valence-corrected chi connectivity index (χ3v) is 7.02. The number of anilines is 1. The van der Waals surface area contributed by atoms with Crippen LogP contribution < -0.4 is 9.64 Å². The fourth-order valence-corrected chi connectivity index (χ4v) is 5.18. The Morgan fingerprint density at radius 2 is 1.94 bits per heavy atom. The number of rotatable bonds is 5. The molecule has 0 atom stereocenters. The Kier molecular flexibility index (Phi) is 5.76. The van der Waals surface area contributed by atoms with Crippen LogP contribution in [-0.2, 0) is 11.2 Å². The molecule has 8 heteroatoms. The van der Waals surface area contributed by atoms with Crippen molar-refractivity contribution in [3.8, 4) is 17.0 Å². The summed E-state index contributed by atoms with van der Waals surface area (Å²) in [4.78, 5) is 22.8. The van der Waals surface area contributed by atoms with Crippen molar-refractivity contribution in [2.45, 2.75) is 6.42 Å². The van der Waals surface area contributed by atoms with Gasteiger partial charge in [-0.1, -0.05) is 35.9 Å². The molecule has 0 aliphatic carbocycles. The highest BCUT2D eigenvalue weighted by atomic mass is 35.5. The number of para-hydroxylation sites is 1. The lowest BCUT2D eigenvalue weighted by Crippen LogP contribution is -2.49. The van der Waals surface area contributed by atoms with Crippen LogP contribution in [0.1, 0.15) is 5.69 Å². The van der Waals surface area contributed by atoms with Crippen LogP contribution in [0.4, 0.5) is 5.69 Å². The molecule has 1 aliphatic rings. The van der Waals surface area contributed by atoms with Crippen molar-refractivity contribution in [2.24, 2.45) is 0 Å². The van der Waals surface area contributed by atoms with E-state index < -0.39 is 0 Å². The lowest BCUT2D eigenvalue weighted by molar-refractivity contribution is -0.130. The van der Waals surface area contributed by atoms with Crippen LogP contribution in [0, 0.1) is 0 Å². The summed E-state index contributed by atoms with van der Waals surface area (Å²) in [6.07, 6.45) is 2.36.